The van der Waals surface area contributed by atoms with Gasteiger partial charge in [-0.3, -0.25) is 4.79 Å². The van der Waals surface area contributed by atoms with E-state index in [1.54, 1.807) is 32.4 Å². The Bertz CT molecular complexity index is 761. The van der Waals surface area contributed by atoms with Gasteiger partial charge in [-0.25, -0.2) is 4.68 Å². The molecule has 1 fully saturated rings. The molecule has 140 valence electrons. The van der Waals surface area contributed by atoms with Gasteiger partial charge in [0.25, 0.3) is 0 Å². The van der Waals surface area contributed by atoms with E-state index in [1.165, 1.54) is 24.6 Å². The zero-order valence-electron chi connectivity index (χ0n) is 15.1. The molecule has 1 aromatic carbocycles. The number of thioether (sulfide) groups is 1. The first-order chi connectivity index (χ1) is 12.6. The van der Waals surface area contributed by atoms with Gasteiger partial charge >= 0.3 is 0 Å². The summed E-state index contributed by atoms with van der Waals surface area (Å²) in [6, 6.07) is 5.61. The minimum Gasteiger partial charge on any atom is -0.493 e. The third kappa shape index (κ3) is 4.09. The highest BCUT2D eigenvalue weighted by Crippen LogP contribution is 2.33. The number of rotatable bonds is 7. The van der Waals surface area contributed by atoms with Crippen LogP contribution in [0.4, 0.5) is 5.69 Å². The topological polar surface area (TPSA) is 91.2 Å². The van der Waals surface area contributed by atoms with Crippen molar-refractivity contribution in [2.24, 2.45) is 0 Å². The highest BCUT2D eigenvalue weighted by molar-refractivity contribution is 8.00. The number of anilines is 1. The Labute approximate surface area is 156 Å². The van der Waals surface area contributed by atoms with E-state index in [0.717, 1.165) is 12.8 Å². The molecule has 9 heteroatoms. The van der Waals surface area contributed by atoms with E-state index in [9.17, 15) is 4.79 Å². The second-order valence-electron chi connectivity index (χ2n) is 6.16. The molecule has 1 saturated carbocycles. The van der Waals surface area contributed by atoms with Crippen molar-refractivity contribution in [2.75, 3.05) is 19.5 Å². The standard InChI is InChI=1S/C17H23N5O3S/c1-11(26-17-19-20-21-22(17)13-6-4-5-7-13)16(23)18-12-8-9-14(24-2)15(10-12)25-3/h8-11,13H,4-7H2,1-3H3,(H,18,23). The summed E-state index contributed by atoms with van der Waals surface area (Å²) in [4.78, 5) is 12.5. The number of benzene rings is 1. The zero-order chi connectivity index (χ0) is 18.5. The maximum Gasteiger partial charge on any atom is 0.237 e. The second-order valence-corrected chi connectivity index (χ2v) is 7.47. The predicted octanol–water partition coefficient (Wildman–Crippen LogP) is 2.92. The molecule has 0 aliphatic heterocycles. The van der Waals surface area contributed by atoms with Crippen molar-refractivity contribution < 1.29 is 14.3 Å². The van der Waals surface area contributed by atoms with Crippen LogP contribution >= 0.6 is 11.8 Å². The molecule has 0 bridgehead atoms. The fourth-order valence-electron chi connectivity index (χ4n) is 3.01. The van der Waals surface area contributed by atoms with Crippen LogP contribution in [0.1, 0.15) is 38.6 Å². The molecule has 1 amide bonds. The van der Waals surface area contributed by atoms with Crippen molar-refractivity contribution in [3.63, 3.8) is 0 Å². The van der Waals surface area contributed by atoms with E-state index >= 15 is 0 Å². The highest BCUT2D eigenvalue weighted by atomic mass is 32.2. The lowest BCUT2D eigenvalue weighted by Crippen LogP contribution is -2.23. The lowest BCUT2D eigenvalue weighted by Gasteiger charge is -2.15. The molecule has 0 saturated heterocycles. The Morgan fingerprint density at radius 2 is 2.00 bits per heavy atom. The summed E-state index contributed by atoms with van der Waals surface area (Å²) in [6.07, 6.45) is 4.57. The number of nitrogens with zero attached hydrogens (tertiary/aromatic N) is 4. The normalized spacial score (nSPS) is 15.7. The molecule has 1 unspecified atom stereocenters. The maximum absolute atomic E-state index is 12.5. The molecule has 0 radical (unpaired) electrons. The highest BCUT2D eigenvalue weighted by Gasteiger charge is 2.24. The molecule has 1 aromatic heterocycles. The van der Waals surface area contributed by atoms with Crippen molar-refractivity contribution in [1.82, 2.24) is 20.2 Å². The molecular weight excluding hydrogens is 354 g/mol. The average molecular weight is 377 g/mol. The van der Waals surface area contributed by atoms with Crippen LogP contribution in [-0.2, 0) is 4.79 Å². The Kier molecular flexibility index (Phi) is 5.97. The second kappa shape index (κ2) is 8.39. The Hall–Kier alpha value is -2.29. The molecule has 26 heavy (non-hydrogen) atoms. The fraction of sp³-hybridized carbons (Fsp3) is 0.529. The van der Waals surface area contributed by atoms with E-state index in [-0.39, 0.29) is 11.2 Å². The van der Waals surface area contributed by atoms with Gasteiger partial charge in [-0.1, -0.05) is 24.6 Å². The van der Waals surface area contributed by atoms with Crippen molar-refractivity contribution in [3.8, 4) is 11.5 Å². The summed E-state index contributed by atoms with van der Waals surface area (Å²) < 4.78 is 12.3. The Balaban J connectivity index is 1.64. The number of carbonyl (C=O) groups is 1. The van der Waals surface area contributed by atoms with Gasteiger partial charge in [-0.2, -0.15) is 0 Å². The molecule has 8 nitrogen and oxygen atoms in total. The quantitative estimate of drug-likeness (QED) is 0.742. The molecule has 1 aliphatic carbocycles. The number of amides is 1. The number of hydrogen-bond acceptors (Lipinski definition) is 7. The van der Waals surface area contributed by atoms with Gasteiger partial charge in [0, 0.05) is 11.8 Å². The van der Waals surface area contributed by atoms with Crippen LogP contribution in [0.15, 0.2) is 23.4 Å². The molecule has 1 N–H and O–H groups in total. The smallest absolute Gasteiger partial charge is 0.237 e. The first-order valence-corrected chi connectivity index (χ1v) is 9.47. The lowest BCUT2D eigenvalue weighted by atomic mass is 10.2. The summed E-state index contributed by atoms with van der Waals surface area (Å²) in [5, 5.41) is 15.2. The first-order valence-electron chi connectivity index (χ1n) is 8.59. The van der Waals surface area contributed by atoms with Crippen LogP contribution < -0.4 is 14.8 Å². The summed E-state index contributed by atoms with van der Waals surface area (Å²) >= 11 is 1.37. The van der Waals surface area contributed by atoms with E-state index in [4.69, 9.17) is 9.47 Å². The van der Waals surface area contributed by atoms with Crippen LogP contribution in [0.2, 0.25) is 0 Å². The third-order valence-corrected chi connectivity index (χ3v) is 5.48. The minimum absolute atomic E-state index is 0.122. The molecule has 2 aromatic rings. The van der Waals surface area contributed by atoms with Gasteiger partial charge < -0.3 is 14.8 Å². The van der Waals surface area contributed by atoms with Gasteiger partial charge in [-0.05, 0) is 42.3 Å². The van der Waals surface area contributed by atoms with Crippen LogP contribution in [-0.4, -0.2) is 45.6 Å². The van der Waals surface area contributed by atoms with Gasteiger partial charge in [0.2, 0.25) is 11.1 Å². The summed E-state index contributed by atoms with van der Waals surface area (Å²) in [5.74, 6) is 1.06. The monoisotopic (exact) mass is 377 g/mol. The van der Waals surface area contributed by atoms with Crippen LogP contribution in [0, 0.1) is 0 Å². The molecule has 1 atom stereocenters. The van der Waals surface area contributed by atoms with Crippen LogP contribution in [0.5, 0.6) is 11.5 Å². The molecule has 1 heterocycles. The van der Waals surface area contributed by atoms with Crippen LogP contribution in [0.3, 0.4) is 0 Å². The zero-order valence-corrected chi connectivity index (χ0v) is 16.0. The SMILES string of the molecule is COc1ccc(NC(=O)C(C)Sc2nnnn2C2CCCC2)cc1OC. The van der Waals surface area contributed by atoms with Gasteiger partial charge in [-0.15, -0.1) is 5.10 Å². The molecule has 0 spiro atoms. The number of ether oxygens (including phenoxy) is 2. The Morgan fingerprint density at radius 1 is 1.27 bits per heavy atom. The number of tetrazole rings is 1. The third-order valence-electron chi connectivity index (χ3n) is 4.44. The number of aromatic nitrogens is 4. The fourth-order valence-corrected chi connectivity index (χ4v) is 3.87. The average Bonchev–Trinajstić information content (AvgIpc) is 3.32. The molecular formula is C17H23N5O3S. The summed E-state index contributed by atoms with van der Waals surface area (Å²) in [5.41, 5.74) is 0.649. The predicted molar refractivity (Wildman–Crippen MR) is 98.8 cm³/mol. The van der Waals surface area contributed by atoms with E-state index in [1.807, 2.05) is 11.6 Å². The number of hydrogen-bond donors (Lipinski definition) is 1. The van der Waals surface area contributed by atoms with Gasteiger partial charge in [0.1, 0.15) is 0 Å². The number of carbonyl (C=O) groups excluding carboxylic acids is 1. The van der Waals surface area contributed by atoms with Crippen molar-refractivity contribution >= 4 is 23.4 Å². The Morgan fingerprint density at radius 3 is 2.69 bits per heavy atom. The minimum atomic E-state index is -0.339. The van der Waals surface area contributed by atoms with Crippen molar-refractivity contribution in [1.29, 1.82) is 0 Å². The van der Waals surface area contributed by atoms with Gasteiger partial charge in [0.15, 0.2) is 11.5 Å². The lowest BCUT2D eigenvalue weighted by molar-refractivity contribution is -0.115. The number of methoxy groups -OCH3 is 2. The summed E-state index contributed by atoms with van der Waals surface area (Å²) in [7, 11) is 3.13. The maximum atomic E-state index is 12.5. The summed E-state index contributed by atoms with van der Waals surface area (Å²) in [6.45, 7) is 1.84. The largest absolute Gasteiger partial charge is 0.493 e. The van der Waals surface area contributed by atoms with Crippen molar-refractivity contribution in [3.05, 3.63) is 18.2 Å². The molecule has 1 aliphatic rings. The van der Waals surface area contributed by atoms with E-state index in [2.05, 4.69) is 20.8 Å². The first kappa shape index (κ1) is 18.5. The van der Waals surface area contributed by atoms with Crippen LogP contribution in [0.25, 0.3) is 0 Å². The van der Waals surface area contributed by atoms with E-state index in [0.29, 0.717) is 28.4 Å². The van der Waals surface area contributed by atoms with Gasteiger partial charge in [0.05, 0.1) is 25.5 Å². The molecule has 3 rings (SSSR count). The van der Waals surface area contributed by atoms with Crippen molar-refractivity contribution in [2.45, 2.75) is 49.1 Å². The number of nitrogens with one attached hydrogen (secondary N) is 1. The van der Waals surface area contributed by atoms with E-state index < -0.39 is 0 Å².